The Hall–Kier alpha value is -2.53. The van der Waals surface area contributed by atoms with Gasteiger partial charge in [-0.2, -0.15) is 0 Å². The Morgan fingerprint density at radius 1 is 1.10 bits per heavy atom. The predicted octanol–water partition coefficient (Wildman–Crippen LogP) is 2.57. The molecule has 0 radical (unpaired) electrons. The van der Waals surface area contributed by atoms with Crippen molar-refractivity contribution in [1.29, 1.82) is 0 Å². The molecule has 0 fully saturated rings. The summed E-state index contributed by atoms with van der Waals surface area (Å²) in [5, 5.41) is 31.6. The Labute approximate surface area is 122 Å². The maximum atomic E-state index is 11.4. The summed E-state index contributed by atoms with van der Waals surface area (Å²) in [6, 6.07) is 11.6. The van der Waals surface area contributed by atoms with Gasteiger partial charge >= 0.3 is 5.97 Å². The maximum Gasteiger partial charge on any atom is 0.325 e. The minimum atomic E-state index is -1.01. The molecule has 2 aromatic rings. The Morgan fingerprint density at radius 2 is 1.76 bits per heavy atom. The fourth-order valence-electron chi connectivity index (χ4n) is 2.18. The third-order valence-corrected chi connectivity index (χ3v) is 3.27. The molecule has 2 atom stereocenters. The lowest BCUT2D eigenvalue weighted by Gasteiger charge is -2.21. The van der Waals surface area contributed by atoms with Crippen LogP contribution < -0.4 is 5.32 Å². The molecule has 0 spiro atoms. The Kier molecular flexibility index (Phi) is 4.45. The normalized spacial score (nSPS) is 13.6. The molecule has 0 saturated heterocycles. The molecular weight excluding hydrogens is 270 g/mol. The van der Waals surface area contributed by atoms with Crippen LogP contribution in [0.25, 0.3) is 0 Å². The lowest BCUT2D eigenvalue weighted by Crippen LogP contribution is -2.30. The van der Waals surface area contributed by atoms with Crippen molar-refractivity contribution < 1.29 is 20.1 Å². The molecule has 0 aliphatic rings. The summed E-state index contributed by atoms with van der Waals surface area (Å²) >= 11 is 0. The van der Waals surface area contributed by atoms with Gasteiger partial charge in [0, 0.05) is 11.6 Å². The standard InChI is InChI=1S/C16H17NO4/c1-10(13-9-12(18)7-8-14(13)19)17-15(16(20)21)11-5-3-2-4-6-11/h2-10,15,17-19H,1H3,(H,20,21). The first kappa shape index (κ1) is 14.9. The lowest BCUT2D eigenvalue weighted by atomic mass is 10.0. The number of carboxylic acids is 1. The van der Waals surface area contributed by atoms with Crippen molar-refractivity contribution in [3.8, 4) is 11.5 Å². The molecule has 5 heteroatoms. The van der Waals surface area contributed by atoms with Gasteiger partial charge in [0.05, 0.1) is 0 Å². The van der Waals surface area contributed by atoms with E-state index >= 15 is 0 Å². The van der Waals surface area contributed by atoms with Gasteiger partial charge in [-0.25, -0.2) is 0 Å². The molecule has 0 aromatic heterocycles. The number of nitrogens with one attached hydrogen (secondary N) is 1. The molecule has 0 bridgehead atoms. The van der Waals surface area contributed by atoms with Crippen LogP contribution in [-0.4, -0.2) is 21.3 Å². The molecular formula is C16H17NO4. The molecule has 0 amide bonds. The molecule has 2 rings (SSSR count). The van der Waals surface area contributed by atoms with Crippen molar-refractivity contribution >= 4 is 5.97 Å². The third kappa shape index (κ3) is 3.52. The zero-order valence-corrected chi connectivity index (χ0v) is 11.5. The van der Waals surface area contributed by atoms with Crippen molar-refractivity contribution in [3.05, 3.63) is 59.7 Å². The number of phenolic OH excluding ortho intramolecular Hbond substituents is 2. The summed E-state index contributed by atoms with van der Waals surface area (Å²) in [5.41, 5.74) is 1.06. The van der Waals surface area contributed by atoms with Crippen molar-refractivity contribution in [2.75, 3.05) is 0 Å². The van der Waals surface area contributed by atoms with Crippen molar-refractivity contribution in [2.45, 2.75) is 19.0 Å². The van der Waals surface area contributed by atoms with Crippen LogP contribution in [0.2, 0.25) is 0 Å². The van der Waals surface area contributed by atoms with Crippen molar-refractivity contribution in [1.82, 2.24) is 5.32 Å². The monoisotopic (exact) mass is 287 g/mol. The van der Waals surface area contributed by atoms with Gasteiger partial charge < -0.3 is 15.3 Å². The third-order valence-electron chi connectivity index (χ3n) is 3.27. The van der Waals surface area contributed by atoms with E-state index in [1.54, 1.807) is 31.2 Å². The summed E-state index contributed by atoms with van der Waals surface area (Å²) < 4.78 is 0. The number of aromatic hydroxyl groups is 2. The van der Waals surface area contributed by atoms with Gasteiger partial charge in [-0.3, -0.25) is 10.1 Å². The average molecular weight is 287 g/mol. The molecule has 4 N–H and O–H groups in total. The fourth-order valence-corrected chi connectivity index (χ4v) is 2.18. The molecule has 0 aliphatic heterocycles. The zero-order valence-electron chi connectivity index (χ0n) is 11.5. The highest BCUT2D eigenvalue weighted by Gasteiger charge is 2.23. The minimum Gasteiger partial charge on any atom is -0.508 e. The first-order valence-electron chi connectivity index (χ1n) is 6.54. The highest BCUT2D eigenvalue weighted by atomic mass is 16.4. The molecule has 0 heterocycles. The minimum absolute atomic E-state index is 0.00463. The lowest BCUT2D eigenvalue weighted by molar-refractivity contribution is -0.139. The fraction of sp³-hybridized carbons (Fsp3) is 0.188. The second-order valence-corrected chi connectivity index (χ2v) is 4.81. The van der Waals surface area contributed by atoms with E-state index in [1.807, 2.05) is 6.07 Å². The molecule has 0 saturated carbocycles. The van der Waals surface area contributed by atoms with E-state index < -0.39 is 18.1 Å². The summed E-state index contributed by atoms with van der Waals surface area (Å²) in [4.78, 5) is 11.4. The quantitative estimate of drug-likeness (QED) is 0.635. The van der Waals surface area contributed by atoms with Gasteiger partial charge in [-0.15, -0.1) is 0 Å². The number of aliphatic carboxylic acids is 1. The average Bonchev–Trinajstić information content (AvgIpc) is 2.47. The van der Waals surface area contributed by atoms with Crippen LogP contribution in [0, 0.1) is 0 Å². The van der Waals surface area contributed by atoms with E-state index in [-0.39, 0.29) is 11.5 Å². The van der Waals surface area contributed by atoms with Gasteiger partial charge in [-0.1, -0.05) is 30.3 Å². The summed E-state index contributed by atoms with van der Waals surface area (Å²) in [5.74, 6) is -0.985. The van der Waals surface area contributed by atoms with Gasteiger partial charge in [0.25, 0.3) is 0 Å². The number of benzene rings is 2. The number of hydrogen-bond donors (Lipinski definition) is 4. The van der Waals surface area contributed by atoms with Crippen LogP contribution in [0.3, 0.4) is 0 Å². The second kappa shape index (κ2) is 6.28. The van der Waals surface area contributed by atoms with Crippen LogP contribution in [0.5, 0.6) is 11.5 Å². The number of rotatable bonds is 5. The van der Waals surface area contributed by atoms with E-state index in [1.165, 1.54) is 18.2 Å². The molecule has 2 unspecified atom stereocenters. The van der Waals surface area contributed by atoms with Gasteiger partial charge in [-0.05, 0) is 30.7 Å². The van der Waals surface area contributed by atoms with Crippen LogP contribution in [0.1, 0.15) is 30.1 Å². The van der Waals surface area contributed by atoms with Crippen molar-refractivity contribution in [2.24, 2.45) is 0 Å². The van der Waals surface area contributed by atoms with Crippen LogP contribution in [0.15, 0.2) is 48.5 Å². The van der Waals surface area contributed by atoms with E-state index in [9.17, 15) is 20.1 Å². The van der Waals surface area contributed by atoms with Gasteiger partial charge in [0.1, 0.15) is 17.5 Å². The van der Waals surface area contributed by atoms with E-state index in [4.69, 9.17) is 0 Å². The first-order valence-corrected chi connectivity index (χ1v) is 6.54. The topological polar surface area (TPSA) is 89.8 Å². The molecule has 5 nitrogen and oxygen atoms in total. The SMILES string of the molecule is CC(NC(C(=O)O)c1ccccc1)c1cc(O)ccc1O. The highest BCUT2D eigenvalue weighted by Crippen LogP contribution is 2.29. The van der Waals surface area contributed by atoms with E-state index in [0.29, 0.717) is 11.1 Å². The number of phenols is 2. The molecule has 2 aromatic carbocycles. The molecule has 21 heavy (non-hydrogen) atoms. The van der Waals surface area contributed by atoms with Crippen LogP contribution in [-0.2, 0) is 4.79 Å². The van der Waals surface area contributed by atoms with E-state index in [0.717, 1.165) is 0 Å². The zero-order chi connectivity index (χ0) is 15.4. The Balaban J connectivity index is 2.25. The molecule has 0 aliphatic carbocycles. The van der Waals surface area contributed by atoms with Gasteiger partial charge in [0.15, 0.2) is 0 Å². The second-order valence-electron chi connectivity index (χ2n) is 4.81. The predicted molar refractivity (Wildman–Crippen MR) is 78.1 cm³/mol. The largest absolute Gasteiger partial charge is 0.508 e. The number of hydrogen-bond acceptors (Lipinski definition) is 4. The van der Waals surface area contributed by atoms with Gasteiger partial charge in [0.2, 0.25) is 0 Å². The maximum absolute atomic E-state index is 11.4. The van der Waals surface area contributed by atoms with Crippen LogP contribution in [0.4, 0.5) is 0 Å². The number of carbonyl (C=O) groups is 1. The van der Waals surface area contributed by atoms with Crippen LogP contribution >= 0.6 is 0 Å². The first-order chi connectivity index (χ1) is 9.99. The smallest absolute Gasteiger partial charge is 0.325 e. The summed E-state index contributed by atoms with van der Waals surface area (Å²) in [6.45, 7) is 1.73. The number of carboxylic acid groups (broad SMARTS) is 1. The summed E-state index contributed by atoms with van der Waals surface area (Å²) in [6.07, 6.45) is 0. The van der Waals surface area contributed by atoms with Crippen molar-refractivity contribution in [3.63, 3.8) is 0 Å². The van der Waals surface area contributed by atoms with E-state index in [2.05, 4.69) is 5.32 Å². The highest BCUT2D eigenvalue weighted by molar-refractivity contribution is 5.75. The summed E-state index contributed by atoms with van der Waals surface area (Å²) in [7, 11) is 0. The molecule has 110 valence electrons. The Bertz CT molecular complexity index is 627. The Morgan fingerprint density at radius 3 is 2.38 bits per heavy atom.